The lowest BCUT2D eigenvalue weighted by Gasteiger charge is -2.30. The number of amides is 1. The van der Waals surface area contributed by atoms with Crippen LogP contribution >= 0.6 is 11.6 Å². The molecule has 2 aromatic carbocycles. The maximum absolute atomic E-state index is 12.8. The fourth-order valence-electron chi connectivity index (χ4n) is 2.82. The summed E-state index contributed by atoms with van der Waals surface area (Å²) in [6, 6.07) is 11.2. The summed E-state index contributed by atoms with van der Waals surface area (Å²) >= 11 is 5.97. The number of nitrogen functional groups attached to an aromatic ring is 1. The van der Waals surface area contributed by atoms with Gasteiger partial charge in [-0.25, -0.2) is 0 Å². The first kappa shape index (κ1) is 14.0. The molecular formula is C17H17ClN2O. The standard InChI is InChI=1S/C17H17ClN2O/c1-11-9-13(18)5-7-15(11)17(21)20-8-2-3-12-4-6-14(19)10-16(12)20/h4-7,9-10H,2-3,8,19H2,1H3. The van der Waals surface area contributed by atoms with Crippen molar-refractivity contribution >= 4 is 28.9 Å². The predicted molar refractivity (Wildman–Crippen MR) is 87.0 cm³/mol. The van der Waals surface area contributed by atoms with E-state index in [1.807, 2.05) is 36.1 Å². The first-order valence-corrected chi connectivity index (χ1v) is 7.40. The second-order valence-corrected chi connectivity index (χ2v) is 5.84. The number of carbonyl (C=O) groups is 1. The minimum Gasteiger partial charge on any atom is -0.399 e. The summed E-state index contributed by atoms with van der Waals surface area (Å²) in [5.41, 5.74) is 10.2. The summed E-state index contributed by atoms with van der Waals surface area (Å²) in [6.07, 6.45) is 1.95. The zero-order valence-corrected chi connectivity index (χ0v) is 12.7. The Morgan fingerprint density at radius 3 is 2.81 bits per heavy atom. The third kappa shape index (κ3) is 2.61. The molecule has 1 aliphatic heterocycles. The molecule has 0 bridgehead atoms. The SMILES string of the molecule is Cc1cc(Cl)ccc1C(=O)N1CCCc2ccc(N)cc21. The molecule has 0 fully saturated rings. The number of hydrogen-bond acceptors (Lipinski definition) is 2. The lowest BCUT2D eigenvalue weighted by molar-refractivity contribution is 0.0984. The topological polar surface area (TPSA) is 46.3 Å². The van der Waals surface area contributed by atoms with Gasteiger partial charge in [0, 0.05) is 28.5 Å². The van der Waals surface area contributed by atoms with Gasteiger partial charge in [-0.3, -0.25) is 4.79 Å². The average Bonchev–Trinajstić information content (AvgIpc) is 2.46. The van der Waals surface area contributed by atoms with Crippen LogP contribution in [0.15, 0.2) is 36.4 Å². The first-order chi connectivity index (χ1) is 10.1. The monoisotopic (exact) mass is 300 g/mol. The van der Waals surface area contributed by atoms with Crippen molar-refractivity contribution in [1.82, 2.24) is 0 Å². The summed E-state index contributed by atoms with van der Waals surface area (Å²) < 4.78 is 0. The van der Waals surface area contributed by atoms with E-state index in [9.17, 15) is 4.79 Å². The van der Waals surface area contributed by atoms with Crippen molar-refractivity contribution in [3.8, 4) is 0 Å². The lowest BCUT2D eigenvalue weighted by Crippen LogP contribution is -2.35. The van der Waals surface area contributed by atoms with Gasteiger partial charge in [-0.15, -0.1) is 0 Å². The molecule has 3 nitrogen and oxygen atoms in total. The number of carbonyl (C=O) groups excluding carboxylic acids is 1. The Balaban J connectivity index is 2.02. The molecule has 2 aromatic rings. The summed E-state index contributed by atoms with van der Waals surface area (Å²) in [7, 11) is 0. The third-order valence-corrected chi connectivity index (χ3v) is 4.13. The zero-order valence-electron chi connectivity index (χ0n) is 11.9. The molecule has 0 spiro atoms. The molecule has 1 heterocycles. The molecule has 0 atom stereocenters. The number of rotatable bonds is 1. The molecule has 2 N–H and O–H groups in total. The maximum atomic E-state index is 12.8. The van der Waals surface area contributed by atoms with Crippen LogP contribution in [0.4, 0.5) is 11.4 Å². The molecule has 1 aliphatic rings. The van der Waals surface area contributed by atoms with E-state index < -0.39 is 0 Å². The highest BCUT2D eigenvalue weighted by Crippen LogP contribution is 2.31. The van der Waals surface area contributed by atoms with Gasteiger partial charge in [0.15, 0.2) is 0 Å². The number of nitrogens with two attached hydrogens (primary N) is 1. The van der Waals surface area contributed by atoms with Crippen LogP contribution in [0.2, 0.25) is 5.02 Å². The van der Waals surface area contributed by atoms with Gasteiger partial charge in [-0.1, -0.05) is 17.7 Å². The highest BCUT2D eigenvalue weighted by molar-refractivity contribution is 6.30. The van der Waals surface area contributed by atoms with Crippen molar-refractivity contribution in [3.63, 3.8) is 0 Å². The van der Waals surface area contributed by atoms with Crippen molar-refractivity contribution in [2.24, 2.45) is 0 Å². The highest BCUT2D eigenvalue weighted by Gasteiger charge is 2.24. The largest absolute Gasteiger partial charge is 0.399 e. The van der Waals surface area contributed by atoms with E-state index in [-0.39, 0.29) is 5.91 Å². The molecule has 0 saturated heterocycles. The summed E-state index contributed by atoms with van der Waals surface area (Å²) in [5.74, 6) is 0.00992. The Bertz CT molecular complexity index is 712. The number of halogens is 1. The van der Waals surface area contributed by atoms with Gasteiger partial charge in [0.1, 0.15) is 0 Å². The number of nitrogens with zero attached hydrogens (tertiary/aromatic N) is 1. The van der Waals surface area contributed by atoms with E-state index >= 15 is 0 Å². The van der Waals surface area contributed by atoms with Crippen LogP contribution in [0.5, 0.6) is 0 Å². The summed E-state index contributed by atoms with van der Waals surface area (Å²) in [4.78, 5) is 14.7. The quantitative estimate of drug-likeness (QED) is 0.814. The molecule has 1 amide bonds. The minimum absolute atomic E-state index is 0.00992. The van der Waals surface area contributed by atoms with Gasteiger partial charge in [0.25, 0.3) is 5.91 Å². The Labute approximate surface area is 129 Å². The van der Waals surface area contributed by atoms with Crippen molar-refractivity contribution in [2.75, 3.05) is 17.2 Å². The van der Waals surface area contributed by atoms with Crippen LogP contribution in [-0.4, -0.2) is 12.5 Å². The normalized spacial score (nSPS) is 13.9. The highest BCUT2D eigenvalue weighted by atomic mass is 35.5. The van der Waals surface area contributed by atoms with E-state index in [4.69, 9.17) is 17.3 Å². The van der Waals surface area contributed by atoms with Gasteiger partial charge in [-0.2, -0.15) is 0 Å². The zero-order chi connectivity index (χ0) is 15.0. The molecule has 108 valence electrons. The number of fused-ring (bicyclic) bond motifs is 1. The van der Waals surface area contributed by atoms with Crippen LogP contribution in [0.1, 0.15) is 27.9 Å². The van der Waals surface area contributed by atoms with Gasteiger partial charge < -0.3 is 10.6 Å². The Morgan fingerprint density at radius 2 is 2.05 bits per heavy atom. The van der Waals surface area contributed by atoms with Crippen LogP contribution < -0.4 is 10.6 Å². The molecule has 4 heteroatoms. The molecule has 0 saturated carbocycles. The number of benzene rings is 2. The number of hydrogen-bond donors (Lipinski definition) is 1. The van der Waals surface area contributed by atoms with Gasteiger partial charge in [-0.05, 0) is 61.2 Å². The third-order valence-electron chi connectivity index (χ3n) is 3.89. The molecule has 0 radical (unpaired) electrons. The van der Waals surface area contributed by atoms with E-state index in [0.717, 1.165) is 30.6 Å². The lowest BCUT2D eigenvalue weighted by atomic mass is 9.99. The molecular weight excluding hydrogens is 284 g/mol. The summed E-state index contributed by atoms with van der Waals surface area (Å²) in [6.45, 7) is 2.63. The Hall–Kier alpha value is -2.00. The van der Waals surface area contributed by atoms with Crippen LogP contribution in [-0.2, 0) is 6.42 Å². The fraction of sp³-hybridized carbons (Fsp3) is 0.235. The minimum atomic E-state index is 0.00992. The van der Waals surface area contributed by atoms with Gasteiger partial charge in [0.05, 0.1) is 0 Å². The molecule has 3 rings (SSSR count). The fourth-order valence-corrected chi connectivity index (χ4v) is 3.04. The molecule has 0 unspecified atom stereocenters. The Morgan fingerprint density at radius 1 is 1.24 bits per heavy atom. The maximum Gasteiger partial charge on any atom is 0.258 e. The van der Waals surface area contributed by atoms with Crippen molar-refractivity contribution < 1.29 is 4.79 Å². The predicted octanol–water partition coefficient (Wildman–Crippen LogP) is 3.82. The van der Waals surface area contributed by atoms with Crippen LogP contribution in [0.25, 0.3) is 0 Å². The van der Waals surface area contributed by atoms with Crippen molar-refractivity contribution in [3.05, 3.63) is 58.1 Å². The van der Waals surface area contributed by atoms with E-state index in [1.54, 1.807) is 12.1 Å². The van der Waals surface area contributed by atoms with E-state index in [0.29, 0.717) is 16.3 Å². The number of anilines is 2. The molecule has 0 aromatic heterocycles. The average molecular weight is 301 g/mol. The molecule has 21 heavy (non-hydrogen) atoms. The molecule has 0 aliphatic carbocycles. The second kappa shape index (κ2) is 5.41. The van der Waals surface area contributed by atoms with Crippen molar-refractivity contribution in [2.45, 2.75) is 19.8 Å². The van der Waals surface area contributed by atoms with Crippen LogP contribution in [0, 0.1) is 6.92 Å². The Kier molecular flexibility index (Phi) is 3.60. The van der Waals surface area contributed by atoms with Gasteiger partial charge >= 0.3 is 0 Å². The number of aryl methyl sites for hydroxylation is 2. The smallest absolute Gasteiger partial charge is 0.258 e. The van der Waals surface area contributed by atoms with Gasteiger partial charge in [0.2, 0.25) is 0 Å². The summed E-state index contributed by atoms with van der Waals surface area (Å²) in [5, 5.41) is 0.646. The van der Waals surface area contributed by atoms with Crippen LogP contribution in [0.3, 0.4) is 0 Å². The van der Waals surface area contributed by atoms with E-state index in [1.165, 1.54) is 5.56 Å². The van der Waals surface area contributed by atoms with Crippen molar-refractivity contribution in [1.29, 1.82) is 0 Å². The van der Waals surface area contributed by atoms with E-state index in [2.05, 4.69) is 0 Å². The second-order valence-electron chi connectivity index (χ2n) is 5.41. The first-order valence-electron chi connectivity index (χ1n) is 7.02.